The van der Waals surface area contributed by atoms with Gasteiger partial charge >= 0.3 is 0 Å². The summed E-state index contributed by atoms with van der Waals surface area (Å²) in [7, 11) is 0. The first-order chi connectivity index (χ1) is 9.38. The Hall–Kier alpha value is -2.23. The maximum atomic E-state index is 5.61. The Morgan fingerprint density at radius 1 is 1.05 bits per heavy atom. The Morgan fingerprint density at radius 2 is 1.79 bits per heavy atom. The van der Waals surface area contributed by atoms with E-state index in [0.29, 0.717) is 5.82 Å². The molecule has 2 rings (SSSR count). The molecule has 1 aromatic carbocycles. The maximum absolute atomic E-state index is 5.61. The monoisotopic (exact) mass is 255 g/mol. The second kappa shape index (κ2) is 7.26. The van der Waals surface area contributed by atoms with Gasteiger partial charge in [-0.15, -0.1) is 0 Å². The minimum absolute atomic E-state index is 0.651. The third-order valence-electron chi connectivity index (χ3n) is 2.58. The van der Waals surface area contributed by atoms with Crippen molar-refractivity contribution < 1.29 is 4.74 Å². The van der Waals surface area contributed by atoms with Gasteiger partial charge in [-0.25, -0.2) is 15.0 Å². The van der Waals surface area contributed by atoms with Crippen LogP contribution in [-0.2, 0) is 0 Å². The van der Waals surface area contributed by atoms with Gasteiger partial charge < -0.3 is 4.74 Å². The summed E-state index contributed by atoms with van der Waals surface area (Å²) in [6.07, 6.45) is 9.02. The molecule has 2 aromatic rings. The molecule has 0 aliphatic rings. The Bertz CT molecular complexity index is 509. The first-order valence-electron chi connectivity index (χ1n) is 6.41. The lowest BCUT2D eigenvalue weighted by molar-refractivity contribution is 0.309. The van der Waals surface area contributed by atoms with Crippen LogP contribution < -0.4 is 4.74 Å². The molecule has 0 atom stereocenters. The summed E-state index contributed by atoms with van der Waals surface area (Å²) >= 11 is 0. The van der Waals surface area contributed by atoms with Gasteiger partial charge in [0.15, 0.2) is 5.82 Å². The van der Waals surface area contributed by atoms with E-state index in [1.807, 2.05) is 36.4 Å². The highest BCUT2D eigenvalue weighted by atomic mass is 16.5. The number of nitrogens with zero attached hydrogens (tertiary/aromatic N) is 3. The van der Waals surface area contributed by atoms with E-state index in [4.69, 9.17) is 4.74 Å². The van der Waals surface area contributed by atoms with Crippen molar-refractivity contribution in [3.8, 4) is 5.75 Å². The smallest absolute Gasteiger partial charge is 0.155 e. The number of rotatable bonds is 6. The molecule has 19 heavy (non-hydrogen) atoms. The van der Waals surface area contributed by atoms with Crippen molar-refractivity contribution in [2.24, 2.45) is 0 Å². The molecule has 98 valence electrons. The molecular formula is C15H17N3O. The Balaban J connectivity index is 1.93. The normalized spacial score (nSPS) is 10.8. The molecule has 0 fully saturated rings. The highest BCUT2D eigenvalue weighted by Crippen LogP contribution is 2.14. The standard InChI is InChI=1S/C15H17N3O/c1-2-3-10-19-14-7-4-13(5-8-14)6-9-15-17-11-16-12-18-15/h4-9,11-12H,2-3,10H2,1H3/b9-6+. The van der Waals surface area contributed by atoms with Crippen LogP contribution in [0.15, 0.2) is 36.9 Å². The molecule has 0 N–H and O–H groups in total. The molecular weight excluding hydrogens is 238 g/mol. The van der Waals surface area contributed by atoms with E-state index in [0.717, 1.165) is 30.8 Å². The highest BCUT2D eigenvalue weighted by Gasteiger charge is 1.94. The predicted molar refractivity (Wildman–Crippen MR) is 75.6 cm³/mol. The van der Waals surface area contributed by atoms with Crippen LogP contribution in [0.3, 0.4) is 0 Å². The largest absolute Gasteiger partial charge is 0.494 e. The molecule has 0 aliphatic heterocycles. The van der Waals surface area contributed by atoms with Gasteiger partial charge in [0.25, 0.3) is 0 Å². The second-order valence-electron chi connectivity index (χ2n) is 4.10. The third kappa shape index (κ3) is 4.50. The van der Waals surface area contributed by atoms with Gasteiger partial charge in [0, 0.05) is 0 Å². The third-order valence-corrected chi connectivity index (χ3v) is 2.58. The summed E-state index contributed by atoms with van der Waals surface area (Å²) in [5.74, 6) is 1.56. The van der Waals surface area contributed by atoms with Crippen molar-refractivity contribution in [3.63, 3.8) is 0 Å². The summed E-state index contributed by atoms with van der Waals surface area (Å²) < 4.78 is 5.61. The fourth-order valence-electron chi connectivity index (χ4n) is 1.51. The van der Waals surface area contributed by atoms with Gasteiger partial charge in [-0.05, 0) is 30.2 Å². The predicted octanol–water partition coefficient (Wildman–Crippen LogP) is 3.22. The second-order valence-corrected chi connectivity index (χ2v) is 4.10. The summed E-state index contributed by atoms with van der Waals surface area (Å²) in [6, 6.07) is 7.98. The SMILES string of the molecule is CCCCOc1ccc(/C=C/c2ncncn2)cc1. The van der Waals surface area contributed by atoms with Gasteiger partial charge in [-0.1, -0.05) is 31.6 Å². The van der Waals surface area contributed by atoms with Gasteiger partial charge in [0.05, 0.1) is 6.61 Å². The van der Waals surface area contributed by atoms with Crippen molar-refractivity contribution in [2.45, 2.75) is 19.8 Å². The molecule has 0 amide bonds. The number of hydrogen-bond donors (Lipinski definition) is 0. The Kier molecular flexibility index (Phi) is 5.05. The molecule has 0 unspecified atom stereocenters. The van der Waals surface area contributed by atoms with E-state index in [-0.39, 0.29) is 0 Å². The molecule has 4 nitrogen and oxygen atoms in total. The Morgan fingerprint density at radius 3 is 2.47 bits per heavy atom. The lowest BCUT2D eigenvalue weighted by Gasteiger charge is -2.04. The highest BCUT2D eigenvalue weighted by molar-refractivity contribution is 5.66. The zero-order chi connectivity index (χ0) is 13.3. The van der Waals surface area contributed by atoms with Gasteiger partial charge in [0.1, 0.15) is 18.4 Å². The number of aromatic nitrogens is 3. The zero-order valence-corrected chi connectivity index (χ0v) is 11.0. The van der Waals surface area contributed by atoms with Crippen LogP contribution in [0.4, 0.5) is 0 Å². The van der Waals surface area contributed by atoms with Crippen LogP contribution in [0.2, 0.25) is 0 Å². The van der Waals surface area contributed by atoms with Crippen molar-refractivity contribution in [1.29, 1.82) is 0 Å². The number of ether oxygens (including phenoxy) is 1. The fraction of sp³-hybridized carbons (Fsp3) is 0.267. The minimum Gasteiger partial charge on any atom is -0.494 e. The molecule has 4 heteroatoms. The van der Waals surface area contributed by atoms with Gasteiger partial charge in [-0.3, -0.25) is 0 Å². The summed E-state index contributed by atoms with van der Waals surface area (Å²) in [5, 5.41) is 0. The van der Waals surface area contributed by atoms with Crippen LogP contribution in [-0.4, -0.2) is 21.6 Å². The van der Waals surface area contributed by atoms with E-state index in [1.54, 1.807) is 0 Å². The number of hydrogen-bond acceptors (Lipinski definition) is 4. The van der Waals surface area contributed by atoms with Crippen molar-refractivity contribution >= 4 is 12.2 Å². The molecule has 0 bridgehead atoms. The minimum atomic E-state index is 0.651. The number of benzene rings is 1. The zero-order valence-electron chi connectivity index (χ0n) is 11.0. The van der Waals surface area contributed by atoms with Gasteiger partial charge in [0.2, 0.25) is 0 Å². The lowest BCUT2D eigenvalue weighted by atomic mass is 10.2. The lowest BCUT2D eigenvalue weighted by Crippen LogP contribution is -1.95. The van der Waals surface area contributed by atoms with Gasteiger partial charge in [-0.2, -0.15) is 0 Å². The van der Waals surface area contributed by atoms with E-state index in [2.05, 4.69) is 21.9 Å². The van der Waals surface area contributed by atoms with Crippen molar-refractivity contribution in [2.75, 3.05) is 6.61 Å². The summed E-state index contributed by atoms with van der Waals surface area (Å²) in [6.45, 7) is 2.93. The Labute approximate surface area is 113 Å². The first-order valence-corrected chi connectivity index (χ1v) is 6.41. The average Bonchev–Trinajstić information content (AvgIpc) is 2.48. The fourth-order valence-corrected chi connectivity index (χ4v) is 1.51. The van der Waals surface area contributed by atoms with Crippen molar-refractivity contribution in [1.82, 2.24) is 15.0 Å². The average molecular weight is 255 g/mol. The molecule has 0 spiro atoms. The van der Waals surface area contributed by atoms with Crippen molar-refractivity contribution in [3.05, 3.63) is 48.3 Å². The van der Waals surface area contributed by atoms with Crippen LogP contribution >= 0.6 is 0 Å². The van der Waals surface area contributed by atoms with E-state index < -0.39 is 0 Å². The molecule has 0 saturated carbocycles. The topological polar surface area (TPSA) is 47.9 Å². The molecule has 0 radical (unpaired) electrons. The van der Waals surface area contributed by atoms with Crippen LogP contribution in [0, 0.1) is 0 Å². The van der Waals surface area contributed by atoms with Crippen LogP contribution in [0.25, 0.3) is 12.2 Å². The number of unbranched alkanes of at least 4 members (excludes halogenated alkanes) is 1. The van der Waals surface area contributed by atoms with E-state index >= 15 is 0 Å². The van der Waals surface area contributed by atoms with E-state index in [9.17, 15) is 0 Å². The molecule has 0 aliphatic carbocycles. The van der Waals surface area contributed by atoms with Crippen LogP contribution in [0.5, 0.6) is 5.75 Å². The quantitative estimate of drug-likeness (QED) is 0.743. The maximum Gasteiger partial charge on any atom is 0.155 e. The summed E-state index contributed by atoms with van der Waals surface area (Å²) in [4.78, 5) is 11.8. The molecule has 1 aromatic heterocycles. The molecule has 0 saturated heterocycles. The summed E-state index contributed by atoms with van der Waals surface area (Å²) in [5.41, 5.74) is 1.09. The van der Waals surface area contributed by atoms with Crippen LogP contribution in [0.1, 0.15) is 31.2 Å². The molecule has 1 heterocycles. The van der Waals surface area contributed by atoms with E-state index in [1.165, 1.54) is 12.7 Å². The first kappa shape index (κ1) is 13.2.